The van der Waals surface area contributed by atoms with Crippen LogP contribution < -0.4 is 11.3 Å². The molecule has 52 valence electrons. The second-order valence-corrected chi connectivity index (χ2v) is 2.29. The van der Waals surface area contributed by atoms with E-state index in [9.17, 15) is 9.18 Å². The summed E-state index contributed by atoms with van der Waals surface area (Å²) in [5, 5.41) is 0. The summed E-state index contributed by atoms with van der Waals surface area (Å²) >= 11 is 0. The lowest BCUT2D eigenvalue weighted by molar-refractivity contribution is -0.138. The molecule has 0 heterocycles. The van der Waals surface area contributed by atoms with E-state index in [-0.39, 0.29) is 0 Å². The number of halogens is 1. The van der Waals surface area contributed by atoms with Crippen LogP contribution >= 0.6 is 0 Å². The largest absolute Gasteiger partial charge is 0.291 e. The number of hydrazine groups is 1. The number of nitrogens with two attached hydrogens (primary N) is 1. The lowest BCUT2D eigenvalue weighted by Gasteiger charge is -2.30. The van der Waals surface area contributed by atoms with Crippen LogP contribution in [0.15, 0.2) is 0 Å². The van der Waals surface area contributed by atoms with Crippen LogP contribution in [0.3, 0.4) is 0 Å². The second-order valence-electron chi connectivity index (χ2n) is 2.29. The molecule has 0 spiro atoms. The molecule has 1 amide bonds. The third kappa shape index (κ3) is 0.896. The van der Waals surface area contributed by atoms with E-state index in [0.29, 0.717) is 12.8 Å². The van der Waals surface area contributed by atoms with Crippen LogP contribution in [0.5, 0.6) is 0 Å². The fourth-order valence-corrected chi connectivity index (χ4v) is 0.844. The Labute approximate surface area is 52.4 Å². The van der Waals surface area contributed by atoms with E-state index in [2.05, 4.69) is 0 Å². The Morgan fingerprint density at radius 3 is 2.33 bits per heavy atom. The molecule has 0 aromatic rings. The molecule has 0 atom stereocenters. The van der Waals surface area contributed by atoms with E-state index in [1.165, 1.54) is 0 Å². The SMILES string of the molecule is NNC(=O)C1(F)CCC1. The third-order valence-electron chi connectivity index (χ3n) is 1.68. The van der Waals surface area contributed by atoms with Gasteiger partial charge in [-0.15, -0.1) is 0 Å². The summed E-state index contributed by atoms with van der Waals surface area (Å²) < 4.78 is 12.8. The minimum atomic E-state index is -1.64. The van der Waals surface area contributed by atoms with Gasteiger partial charge in [0.25, 0.3) is 5.91 Å². The number of rotatable bonds is 1. The maximum Gasteiger partial charge on any atom is 0.271 e. The molecule has 1 fully saturated rings. The lowest BCUT2D eigenvalue weighted by Crippen LogP contribution is -2.50. The molecule has 1 saturated carbocycles. The van der Waals surface area contributed by atoms with Crippen molar-refractivity contribution in [3.05, 3.63) is 0 Å². The summed E-state index contributed by atoms with van der Waals surface area (Å²) in [7, 11) is 0. The highest BCUT2D eigenvalue weighted by molar-refractivity contribution is 5.85. The van der Waals surface area contributed by atoms with Gasteiger partial charge in [0.05, 0.1) is 0 Å². The van der Waals surface area contributed by atoms with Crippen LogP contribution in [0.4, 0.5) is 4.39 Å². The van der Waals surface area contributed by atoms with Crippen molar-refractivity contribution in [1.29, 1.82) is 0 Å². The predicted octanol–water partition coefficient (Wildman–Crippen LogP) is -0.132. The van der Waals surface area contributed by atoms with E-state index in [0.717, 1.165) is 6.42 Å². The maximum absolute atomic E-state index is 12.8. The highest BCUT2D eigenvalue weighted by Crippen LogP contribution is 2.35. The molecule has 0 aliphatic heterocycles. The van der Waals surface area contributed by atoms with Crippen molar-refractivity contribution in [3.63, 3.8) is 0 Å². The Bertz CT molecular complexity index is 133. The van der Waals surface area contributed by atoms with Crippen LogP contribution in [0, 0.1) is 0 Å². The van der Waals surface area contributed by atoms with Crippen LogP contribution in [-0.4, -0.2) is 11.6 Å². The topological polar surface area (TPSA) is 55.1 Å². The molecule has 1 aliphatic rings. The number of hydrogen-bond acceptors (Lipinski definition) is 2. The zero-order valence-corrected chi connectivity index (χ0v) is 4.98. The minimum absolute atomic E-state index is 0.316. The van der Waals surface area contributed by atoms with Crippen LogP contribution in [-0.2, 0) is 4.79 Å². The Kier molecular flexibility index (Phi) is 1.40. The van der Waals surface area contributed by atoms with Crippen molar-refractivity contribution in [2.45, 2.75) is 24.9 Å². The molecule has 0 saturated heterocycles. The Hall–Kier alpha value is -0.640. The molecule has 3 nitrogen and oxygen atoms in total. The first kappa shape index (κ1) is 6.48. The normalized spacial score (nSPS) is 22.4. The van der Waals surface area contributed by atoms with Gasteiger partial charge in [-0.05, 0) is 19.3 Å². The Balaban J connectivity index is 2.49. The molecule has 0 radical (unpaired) electrons. The van der Waals surface area contributed by atoms with E-state index in [1.807, 2.05) is 0 Å². The third-order valence-corrected chi connectivity index (χ3v) is 1.68. The summed E-state index contributed by atoms with van der Waals surface area (Å²) in [5.74, 6) is 4.04. The highest BCUT2D eigenvalue weighted by atomic mass is 19.1. The van der Waals surface area contributed by atoms with Crippen LogP contribution in [0.1, 0.15) is 19.3 Å². The van der Waals surface area contributed by atoms with Gasteiger partial charge in [0.2, 0.25) is 0 Å². The molecule has 0 unspecified atom stereocenters. The van der Waals surface area contributed by atoms with Crippen molar-refractivity contribution >= 4 is 5.91 Å². The van der Waals surface area contributed by atoms with E-state index in [1.54, 1.807) is 5.43 Å². The zero-order chi connectivity index (χ0) is 6.91. The first-order chi connectivity index (χ1) is 4.19. The fraction of sp³-hybridized carbons (Fsp3) is 0.800. The quantitative estimate of drug-likeness (QED) is 0.296. The summed E-state index contributed by atoms with van der Waals surface area (Å²) in [6.45, 7) is 0. The molecule has 1 rings (SSSR count). The van der Waals surface area contributed by atoms with Crippen LogP contribution in [0.2, 0.25) is 0 Å². The van der Waals surface area contributed by atoms with Gasteiger partial charge < -0.3 is 0 Å². The van der Waals surface area contributed by atoms with Crippen molar-refractivity contribution in [3.8, 4) is 0 Å². The molecular formula is C5H9FN2O. The molecule has 3 N–H and O–H groups in total. The van der Waals surface area contributed by atoms with Gasteiger partial charge >= 0.3 is 0 Å². The Morgan fingerprint density at radius 1 is 1.67 bits per heavy atom. The highest BCUT2D eigenvalue weighted by Gasteiger charge is 2.44. The number of hydrogen-bond donors (Lipinski definition) is 2. The molecule has 0 aromatic heterocycles. The Morgan fingerprint density at radius 2 is 2.22 bits per heavy atom. The maximum atomic E-state index is 12.8. The first-order valence-corrected chi connectivity index (χ1v) is 2.89. The van der Waals surface area contributed by atoms with Gasteiger partial charge in [-0.3, -0.25) is 10.2 Å². The second kappa shape index (κ2) is 1.95. The standard InChI is InChI=1S/C5H9FN2O/c6-5(2-1-3-5)4(9)8-7/h1-3,7H2,(H,8,9). The number of carbonyl (C=O) groups is 1. The summed E-state index contributed by atoms with van der Waals surface area (Å²) in [4.78, 5) is 10.5. The zero-order valence-electron chi connectivity index (χ0n) is 4.98. The van der Waals surface area contributed by atoms with Crippen molar-refractivity contribution in [1.82, 2.24) is 5.43 Å². The van der Waals surface area contributed by atoms with E-state index >= 15 is 0 Å². The monoisotopic (exact) mass is 132 g/mol. The van der Waals surface area contributed by atoms with Gasteiger partial charge in [-0.25, -0.2) is 10.2 Å². The average molecular weight is 132 g/mol. The number of amides is 1. The van der Waals surface area contributed by atoms with E-state index in [4.69, 9.17) is 5.84 Å². The van der Waals surface area contributed by atoms with Gasteiger partial charge in [0, 0.05) is 0 Å². The number of nitrogens with one attached hydrogen (secondary N) is 1. The molecule has 1 aliphatic carbocycles. The molecule has 0 aromatic carbocycles. The molecule has 9 heavy (non-hydrogen) atoms. The predicted molar refractivity (Wildman–Crippen MR) is 30.0 cm³/mol. The van der Waals surface area contributed by atoms with Gasteiger partial charge in [-0.1, -0.05) is 0 Å². The molecule has 4 heteroatoms. The van der Waals surface area contributed by atoms with Gasteiger partial charge in [-0.2, -0.15) is 0 Å². The van der Waals surface area contributed by atoms with Crippen molar-refractivity contribution in [2.24, 2.45) is 5.84 Å². The summed E-state index contributed by atoms with van der Waals surface area (Å²) in [5.41, 5.74) is 0.149. The van der Waals surface area contributed by atoms with Gasteiger partial charge in [0.15, 0.2) is 5.67 Å². The fourth-order valence-electron chi connectivity index (χ4n) is 0.844. The van der Waals surface area contributed by atoms with E-state index < -0.39 is 11.6 Å². The lowest BCUT2D eigenvalue weighted by atomic mass is 9.81. The smallest absolute Gasteiger partial charge is 0.271 e. The van der Waals surface area contributed by atoms with Crippen LogP contribution in [0.25, 0.3) is 0 Å². The van der Waals surface area contributed by atoms with Gasteiger partial charge in [0.1, 0.15) is 0 Å². The summed E-state index contributed by atoms with van der Waals surface area (Å²) in [6, 6.07) is 0. The number of alkyl halides is 1. The van der Waals surface area contributed by atoms with Crippen molar-refractivity contribution < 1.29 is 9.18 Å². The first-order valence-electron chi connectivity index (χ1n) is 2.89. The number of carbonyl (C=O) groups excluding carboxylic acids is 1. The minimum Gasteiger partial charge on any atom is -0.291 e. The van der Waals surface area contributed by atoms with Crippen molar-refractivity contribution in [2.75, 3.05) is 0 Å². The molecular weight excluding hydrogens is 123 g/mol. The summed E-state index contributed by atoms with van der Waals surface area (Å²) in [6.07, 6.45) is 1.41. The average Bonchev–Trinajstić information content (AvgIpc) is 1.81. The molecule has 0 bridgehead atoms.